The molecule has 0 unspecified atom stereocenters. The van der Waals surface area contributed by atoms with Crippen molar-refractivity contribution in [3.63, 3.8) is 0 Å². The maximum atomic E-state index is 13.7. The molecule has 0 saturated carbocycles. The lowest BCUT2D eigenvalue weighted by molar-refractivity contribution is 0.572. The van der Waals surface area contributed by atoms with Gasteiger partial charge < -0.3 is 4.57 Å². The number of aromatic nitrogens is 2. The quantitative estimate of drug-likeness (QED) is 0.683. The van der Waals surface area contributed by atoms with Crippen LogP contribution in [-0.2, 0) is 6.54 Å². The van der Waals surface area contributed by atoms with E-state index in [4.69, 9.17) is 11.6 Å². The fourth-order valence-electron chi connectivity index (χ4n) is 2.29. The molecule has 0 aliphatic carbocycles. The van der Waals surface area contributed by atoms with Gasteiger partial charge in [-0.15, -0.1) is 0 Å². The summed E-state index contributed by atoms with van der Waals surface area (Å²) in [6, 6.07) is 9.34. The van der Waals surface area contributed by atoms with E-state index in [2.05, 4.69) is 0 Å². The van der Waals surface area contributed by atoms with Crippen LogP contribution in [0.5, 0.6) is 0 Å². The fourth-order valence-corrected chi connectivity index (χ4v) is 2.41. The van der Waals surface area contributed by atoms with Gasteiger partial charge in [-0.25, -0.2) is 8.78 Å². The Hall–Kier alpha value is -2.73. The molecule has 0 N–H and O–H groups in total. The van der Waals surface area contributed by atoms with E-state index in [1.54, 1.807) is 24.3 Å². The maximum Gasteiger partial charge on any atom is 0.320 e. The first-order valence-electron chi connectivity index (χ1n) is 6.97. The second-order valence-corrected chi connectivity index (χ2v) is 5.55. The maximum absolute atomic E-state index is 13.7. The molecule has 0 atom stereocenters. The molecule has 3 rings (SSSR count). The number of hydrogen-bond acceptors (Lipinski definition) is 2. The van der Waals surface area contributed by atoms with E-state index in [1.807, 2.05) is 0 Å². The first kappa shape index (κ1) is 16.1. The number of rotatable bonds is 3. The minimum atomic E-state index is -0.837. The zero-order valence-corrected chi connectivity index (χ0v) is 13.0. The average Bonchev–Trinajstić information content (AvgIpc) is 2.56. The lowest BCUT2D eigenvalue weighted by atomic mass is 10.2. The van der Waals surface area contributed by atoms with Crippen LogP contribution in [0.2, 0.25) is 5.02 Å². The molecule has 0 bridgehead atoms. The Morgan fingerprint density at radius 3 is 2.33 bits per heavy atom. The van der Waals surface area contributed by atoms with E-state index in [1.165, 1.54) is 12.4 Å². The van der Waals surface area contributed by atoms with Crippen molar-refractivity contribution in [2.75, 3.05) is 0 Å². The van der Waals surface area contributed by atoms with E-state index < -0.39 is 22.8 Å². The Kier molecular flexibility index (Phi) is 4.31. The molecule has 0 aliphatic rings. The minimum Gasteiger partial charge on any atom is -0.305 e. The highest BCUT2D eigenvalue weighted by molar-refractivity contribution is 6.30. The zero-order valence-electron chi connectivity index (χ0n) is 12.2. The van der Waals surface area contributed by atoms with Crippen LogP contribution < -0.4 is 11.1 Å². The summed E-state index contributed by atoms with van der Waals surface area (Å²) in [5.74, 6) is -1.26. The van der Waals surface area contributed by atoms with Gasteiger partial charge in [-0.2, -0.15) is 0 Å². The topological polar surface area (TPSA) is 44.0 Å². The number of benzene rings is 2. The Balaban J connectivity index is 2.02. The average molecular weight is 349 g/mol. The summed E-state index contributed by atoms with van der Waals surface area (Å²) >= 11 is 5.79. The molecule has 0 amide bonds. The van der Waals surface area contributed by atoms with Crippen LogP contribution in [0.25, 0.3) is 5.69 Å². The third-order valence-corrected chi connectivity index (χ3v) is 3.76. The summed E-state index contributed by atoms with van der Waals surface area (Å²) < 4.78 is 29.1. The van der Waals surface area contributed by atoms with Crippen LogP contribution in [0.3, 0.4) is 0 Å². The van der Waals surface area contributed by atoms with Crippen molar-refractivity contribution in [1.29, 1.82) is 0 Å². The lowest BCUT2D eigenvalue weighted by Gasteiger charge is -2.10. The molecule has 24 heavy (non-hydrogen) atoms. The molecular weight excluding hydrogens is 338 g/mol. The van der Waals surface area contributed by atoms with Gasteiger partial charge in [0.2, 0.25) is 0 Å². The Bertz CT molecular complexity index is 1010. The predicted molar refractivity (Wildman–Crippen MR) is 86.8 cm³/mol. The molecule has 0 saturated heterocycles. The molecule has 1 aromatic heterocycles. The molecule has 0 aliphatic heterocycles. The molecule has 0 radical (unpaired) electrons. The van der Waals surface area contributed by atoms with E-state index in [0.717, 1.165) is 27.3 Å². The van der Waals surface area contributed by atoms with Gasteiger partial charge in [0.05, 0.1) is 6.54 Å². The molecule has 0 fully saturated rings. The smallest absolute Gasteiger partial charge is 0.305 e. The third kappa shape index (κ3) is 3.14. The largest absolute Gasteiger partial charge is 0.320 e. The molecule has 2 aromatic carbocycles. The highest BCUT2D eigenvalue weighted by Gasteiger charge is 2.10. The highest BCUT2D eigenvalue weighted by atomic mass is 35.5. The second kappa shape index (κ2) is 6.41. The number of nitrogens with zero attached hydrogens (tertiary/aromatic N) is 2. The highest BCUT2D eigenvalue weighted by Crippen LogP contribution is 2.12. The molecule has 0 spiro atoms. The number of halogens is 3. The summed E-state index contributed by atoms with van der Waals surface area (Å²) in [5, 5.41) is 0.502. The molecular formula is C17H11ClF2N2O2. The number of hydrogen-bond donors (Lipinski definition) is 0. The normalized spacial score (nSPS) is 10.8. The van der Waals surface area contributed by atoms with Gasteiger partial charge in [-0.3, -0.25) is 14.2 Å². The van der Waals surface area contributed by atoms with Crippen molar-refractivity contribution < 1.29 is 8.78 Å². The van der Waals surface area contributed by atoms with E-state index in [0.29, 0.717) is 10.7 Å². The molecule has 122 valence electrons. The third-order valence-electron chi connectivity index (χ3n) is 3.51. The van der Waals surface area contributed by atoms with Gasteiger partial charge in [0.25, 0.3) is 0 Å². The minimum absolute atomic E-state index is 0.0132. The van der Waals surface area contributed by atoms with Crippen LogP contribution in [0.1, 0.15) is 5.56 Å². The van der Waals surface area contributed by atoms with Crippen molar-refractivity contribution in [2.45, 2.75) is 6.54 Å². The van der Waals surface area contributed by atoms with Crippen molar-refractivity contribution in [3.8, 4) is 5.69 Å². The van der Waals surface area contributed by atoms with Gasteiger partial charge in [0.1, 0.15) is 11.6 Å². The summed E-state index contributed by atoms with van der Waals surface area (Å²) in [7, 11) is 0. The van der Waals surface area contributed by atoms with Crippen molar-refractivity contribution >= 4 is 11.6 Å². The van der Waals surface area contributed by atoms with E-state index in [9.17, 15) is 18.4 Å². The summed E-state index contributed by atoms with van der Waals surface area (Å²) in [4.78, 5) is 24.5. The zero-order chi connectivity index (χ0) is 17.3. The van der Waals surface area contributed by atoms with Crippen LogP contribution >= 0.6 is 11.6 Å². The van der Waals surface area contributed by atoms with Crippen molar-refractivity contribution in [2.24, 2.45) is 0 Å². The van der Waals surface area contributed by atoms with Gasteiger partial charge in [0, 0.05) is 28.7 Å². The van der Waals surface area contributed by atoms with Crippen LogP contribution in [0, 0.1) is 11.6 Å². The Labute approximate surface area is 140 Å². The standard InChI is InChI=1S/C17H11ClF2N2O2/c18-12-1-4-14(5-2-12)22-8-7-21(16(23)17(22)24)10-11-9-13(19)3-6-15(11)20/h1-9H,10H2. The first-order valence-corrected chi connectivity index (χ1v) is 7.35. The summed E-state index contributed by atoms with van der Waals surface area (Å²) in [6.07, 6.45) is 2.74. The van der Waals surface area contributed by atoms with Crippen molar-refractivity contribution in [3.05, 3.63) is 97.8 Å². The Morgan fingerprint density at radius 1 is 0.917 bits per heavy atom. The molecule has 4 nitrogen and oxygen atoms in total. The van der Waals surface area contributed by atoms with Crippen molar-refractivity contribution in [1.82, 2.24) is 9.13 Å². The van der Waals surface area contributed by atoms with Gasteiger partial charge >= 0.3 is 11.1 Å². The van der Waals surface area contributed by atoms with E-state index in [-0.39, 0.29) is 12.1 Å². The SMILES string of the molecule is O=c1c(=O)n(-c2ccc(Cl)cc2)ccn1Cc1cc(F)ccc1F. The van der Waals surface area contributed by atoms with Crippen LogP contribution in [0.15, 0.2) is 64.4 Å². The second-order valence-electron chi connectivity index (χ2n) is 5.12. The monoisotopic (exact) mass is 348 g/mol. The van der Waals surface area contributed by atoms with Crippen LogP contribution in [0.4, 0.5) is 8.78 Å². The van der Waals surface area contributed by atoms with Crippen LogP contribution in [-0.4, -0.2) is 9.13 Å². The lowest BCUT2D eigenvalue weighted by Crippen LogP contribution is -2.40. The molecule has 1 heterocycles. The summed E-state index contributed by atoms with van der Waals surface area (Å²) in [5.41, 5.74) is -1.17. The fraction of sp³-hybridized carbons (Fsp3) is 0.0588. The Morgan fingerprint density at radius 2 is 1.62 bits per heavy atom. The van der Waals surface area contributed by atoms with Gasteiger partial charge in [0.15, 0.2) is 0 Å². The first-order chi connectivity index (χ1) is 11.5. The van der Waals surface area contributed by atoms with Gasteiger partial charge in [-0.05, 0) is 42.5 Å². The molecule has 7 heteroatoms. The van der Waals surface area contributed by atoms with Gasteiger partial charge in [-0.1, -0.05) is 11.6 Å². The van der Waals surface area contributed by atoms with E-state index >= 15 is 0 Å². The summed E-state index contributed by atoms with van der Waals surface area (Å²) in [6.45, 7) is -0.237. The predicted octanol–water partition coefficient (Wildman–Crippen LogP) is 2.98. The molecule has 3 aromatic rings.